The number of aliphatic imine (C=N–C) groups is 1. The summed E-state index contributed by atoms with van der Waals surface area (Å²) in [5.41, 5.74) is -0.000878. The predicted octanol–water partition coefficient (Wildman–Crippen LogP) is 5.35. The summed E-state index contributed by atoms with van der Waals surface area (Å²) in [7, 11) is 0. The van der Waals surface area contributed by atoms with E-state index in [0.717, 1.165) is 44.7 Å². The maximum Gasteiger partial charge on any atom is 0.416 e. The molecule has 1 aliphatic heterocycles. The molecule has 1 aromatic carbocycles. The fourth-order valence-electron chi connectivity index (χ4n) is 4.29. The van der Waals surface area contributed by atoms with Crippen molar-refractivity contribution in [2.24, 2.45) is 16.1 Å². The van der Waals surface area contributed by atoms with Crippen LogP contribution in [-0.2, 0) is 17.4 Å². The van der Waals surface area contributed by atoms with E-state index in [2.05, 4.69) is 22.2 Å². The molecule has 7 heteroatoms. The van der Waals surface area contributed by atoms with Crippen LogP contribution < -0.4 is 5.32 Å². The molecule has 160 valence electrons. The molecule has 29 heavy (non-hydrogen) atoms. The third-order valence-corrected chi connectivity index (χ3v) is 5.96. The fourth-order valence-corrected chi connectivity index (χ4v) is 4.29. The van der Waals surface area contributed by atoms with Gasteiger partial charge in [0.2, 0.25) is 0 Å². The first-order valence-electron chi connectivity index (χ1n) is 10.6. The number of halogens is 3. The number of rotatable bonds is 7. The van der Waals surface area contributed by atoms with E-state index in [0.29, 0.717) is 24.5 Å². The van der Waals surface area contributed by atoms with Crippen molar-refractivity contribution in [3.05, 3.63) is 34.9 Å². The Morgan fingerprint density at radius 3 is 2.59 bits per heavy atom. The lowest BCUT2D eigenvalue weighted by molar-refractivity contribution is -0.138. The van der Waals surface area contributed by atoms with E-state index in [1.807, 2.05) is 0 Å². The maximum absolute atomic E-state index is 13.7. The molecular weight excluding hydrogens is 379 g/mol. The van der Waals surface area contributed by atoms with Crippen molar-refractivity contribution in [1.29, 1.82) is 0 Å². The number of oxime groups is 1. The zero-order valence-corrected chi connectivity index (χ0v) is 16.8. The highest BCUT2D eigenvalue weighted by molar-refractivity contribution is 6.01. The summed E-state index contributed by atoms with van der Waals surface area (Å²) >= 11 is 0. The van der Waals surface area contributed by atoms with Crippen LogP contribution in [0.25, 0.3) is 0 Å². The molecule has 1 aromatic rings. The minimum Gasteiger partial charge on any atom is -0.392 e. The summed E-state index contributed by atoms with van der Waals surface area (Å²) in [5.74, 6) is 0.612. The Hall–Kier alpha value is -1.89. The van der Waals surface area contributed by atoms with Gasteiger partial charge in [-0.1, -0.05) is 49.4 Å². The Kier molecular flexibility index (Phi) is 7.70. The van der Waals surface area contributed by atoms with Crippen LogP contribution in [0, 0.1) is 5.92 Å². The number of nitrogens with one attached hydrogen (secondary N) is 1. The van der Waals surface area contributed by atoms with Gasteiger partial charge in [0.25, 0.3) is 0 Å². The predicted molar refractivity (Wildman–Crippen MR) is 109 cm³/mol. The smallest absolute Gasteiger partial charge is 0.392 e. The minimum atomic E-state index is -4.42. The second-order valence-corrected chi connectivity index (χ2v) is 8.07. The van der Waals surface area contributed by atoms with Gasteiger partial charge in [-0.25, -0.2) is 4.99 Å². The monoisotopic (exact) mass is 409 g/mol. The summed E-state index contributed by atoms with van der Waals surface area (Å²) in [6, 6.07) is 4.54. The maximum atomic E-state index is 13.7. The number of hydrogen-bond donors (Lipinski definition) is 1. The lowest BCUT2D eigenvalue weighted by Crippen LogP contribution is -2.26. The molecule has 1 unspecified atom stereocenters. The highest BCUT2D eigenvalue weighted by Gasteiger charge is 2.34. The molecule has 3 rings (SSSR count). The molecule has 4 nitrogen and oxygen atoms in total. The lowest BCUT2D eigenvalue weighted by Gasteiger charge is -2.22. The summed E-state index contributed by atoms with van der Waals surface area (Å²) in [6.07, 6.45) is 4.80. The number of alkyl halides is 3. The van der Waals surface area contributed by atoms with E-state index in [1.54, 1.807) is 12.1 Å². The number of amidine groups is 1. The van der Waals surface area contributed by atoms with Crippen molar-refractivity contribution in [2.75, 3.05) is 13.2 Å². The van der Waals surface area contributed by atoms with Gasteiger partial charge in [0.1, 0.15) is 6.61 Å². The van der Waals surface area contributed by atoms with Gasteiger partial charge in [-0.2, -0.15) is 13.2 Å². The van der Waals surface area contributed by atoms with Crippen LogP contribution in [-0.4, -0.2) is 31.7 Å². The van der Waals surface area contributed by atoms with Gasteiger partial charge in [0.05, 0.1) is 5.56 Å². The molecule has 0 spiro atoms. The van der Waals surface area contributed by atoms with Gasteiger partial charge in [0, 0.05) is 11.6 Å². The molecule has 1 heterocycles. The molecule has 1 atom stereocenters. The number of hydrogen-bond acceptors (Lipinski definition) is 3. The topological polar surface area (TPSA) is 46.0 Å². The molecule has 0 aromatic heterocycles. The van der Waals surface area contributed by atoms with Gasteiger partial charge in [-0.3, -0.25) is 0 Å². The molecule has 1 aliphatic carbocycles. The normalized spacial score (nSPS) is 21.3. The van der Waals surface area contributed by atoms with Crippen molar-refractivity contribution >= 4 is 12.6 Å². The van der Waals surface area contributed by atoms with Crippen molar-refractivity contribution in [3.8, 4) is 0 Å². The van der Waals surface area contributed by atoms with Gasteiger partial charge in [0.15, 0.2) is 5.84 Å². The van der Waals surface area contributed by atoms with Crippen molar-refractivity contribution in [2.45, 2.75) is 70.0 Å². The van der Waals surface area contributed by atoms with Crippen LogP contribution in [0.4, 0.5) is 13.2 Å². The zero-order chi connectivity index (χ0) is 20.7. The molecule has 1 saturated heterocycles. The first-order chi connectivity index (χ1) is 14.0. The molecule has 1 saturated carbocycles. The first-order valence-corrected chi connectivity index (χ1v) is 10.6. The zero-order valence-electron chi connectivity index (χ0n) is 16.8. The lowest BCUT2D eigenvalue weighted by atomic mass is 9.84. The molecular formula is C22H30F3N3O. The molecule has 0 bridgehead atoms. The second kappa shape index (κ2) is 10.2. The Balaban J connectivity index is 1.71. The molecule has 2 aliphatic rings. The second-order valence-electron chi connectivity index (χ2n) is 8.07. The first kappa shape index (κ1) is 21.8. The number of nitrogens with zero attached hydrogens (tertiary/aromatic N) is 2. The standard InChI is InChI=1S/C22H30F3N3O/c1-26-21(28-29-15-19-8-5-13-27-19)18-12-11-17(20(14-18)22(23,24)25)10-9-16-6-3-2-4-7-16/h11-12,14,16,19,27H,1-10,13,15H2/b28-21-. The average Bonchev–Trinajstić information content (AvgIpc) is 3.23. The number of benzene rings is 1. The Labute approximate surface area is 170 Å². The van der Waals surface area contributed by atoms with E-state index in [-0.39, 0.29) is 17.4 Å². The van der Waals surface area contributed by atoms with E-state index >= 15 is 0 Å². The van der Waals surface area contributed by atoms with Crippen LogP contribution in [0.5, 0.6) is 0 Å². The van der Waals surface area contributed by atoms with Gasteiger partial charge in [-0.05, 0) is 56.5 Å². The van der Waals surface area contributed by atoms with Crippen molar-refractivity contribution in [1.82, 2.24) is 5.32 Å². The quantitative estimate of drug-likeness (QED) is 0.375. The number of aryl methyl sites for hydroxylation is 1. The minimum absolute atomic E-state index is 0.0762. The Morgan fingerprint density at radius 2 is 1.93 bits per heavy atom. The summed E-state index contributed by atoms with van der Waals surface area (Å²) in [6.45, 7) is 4.75. The summed E-state index contributed by atoms with van der Waals surface area (Å²) < 4.78 is 41.1. The van der Waals surface area contributed by atoms with E-state index < -0.39 is 11.7 Å². The van der Waals surface area contributed by atoms with Crippen LogP contribution in [0.1, 0.15) is 68.1 Å². The van der Waals surface area contributed by atoms with E-state index in [1.165, 1.54) is 19.3 Å². The van der Waals surface area contributed by atoms with Crippen molar-refractivity contribution in [3.63, 3.8) is 0 Å². The van der Waals surface area contributed by atoms with E-state index in [9.17, 15) is 13.2 Å². The largest absolute Gasteiger partial charge is 0.416 e. The third-order valence-electron chi connectivity index (χ3n) is 5.96. The van der Waals surface area contributed by atoms with Gasteiger partial charge in [-0.15, -0.1) is 0 Å². The van der Waals surface area contributed by atoms with Crippen LogP contribution in [0.15, 0.2) is 28.3 Å². The molecule has 2 fully saturated rings. The Bertz CT molecular complexity index is 706. The van der Waals surface area contributed by atoms with Gasteiger partial charge >= 0.3 is 6.18 Å². The average molecular weight is 409 g/mol. The van der Waals surface area contributed by atoms with Gasteiger partial charge < -0.3 is 10.2 Å². The third kappa shape index (κ3) is 6.29. The fraction of sp³-hybridized carbons (Fsp3) is 0.636. The molecule has 0 radical (unpaired) electrons. The van der Waals surface area contributed by atoms with Crippen LogP contribution in [0.3, 0.4) is 0 Å². The Morgan fingerprint density at radius 1 is 1.14 bits per heavy atom. The SMILES string of the molecule is C=N/C(=N\OCC1CCCN1)c1ccc(CCC2CCCCC2)c(C(F)(F)F)c1. The summed E-state index contributed by atoms with van der Waals surface area (Å²) in [4.78, 5) is 9.10. The van der Waals surface area contributed by atoms with Crippen LogP contribution in [0.2, 0.25) is 0 Å². The highest BCUT2D eigenvalue weighted by Crippen LogP contribution is 2.35. The van der Waals surface area contributed by atoms with Crippen molar-refractivity contribution < 1.29 is 18.0 Å². The molecule has 0 amide bonds. The summed E-state index contributed by atoms with van der Waals surface area (Å²) in [5, 5.41) is 7.20. The van der Waals surface area contributed by atoms with Crippen LogP contribution >= 0.6 is 0 Å². The molecule has 1 N–H and O–H groups in total. The highest BCUT2D eigenvalue weighted by atomic mass is 19.4. The van der Waals surface area contributed by atoms with E-state index in [4.69, 9.17) is 4.84 Å².